The maximum absolute atomic E-state index is 4.92. The Morgan fingerprint density at radius 2 is 1.02 bits per heavy atom. The van der Waals surface area contributed by atoms with E-state index in [4.69, 9.17) is 9.97 Å². The van der Waals surface area contributed by atoms with Crippen LogP contribution in [0.25, 0.3) is 42.0 Å². The summed E-state index contributed by atoms with van der Waals surface area (Å²) in [4.78, 5) is 15.0. The van der Waals surface area contributed by atoms with Crippen LogP contribution in [0.3, 0.4) is 0 Å². The van der Waals surface area contributed by atoms with Crippen LogP contribution in [0.15, 0.2) is 71.4 Å². The molecule has 204 valence electrons. The van der Waals surface area contributed by atoms with Gasteiger partial charge in [0.1, 0.15) is 11.6 Å². The number of hydrogen-bond acceptors (Lipinski definition) is 8. The molecule has 8 heteroatoms. The van der Waals surface area contributed by atoms with Gasteiger partial charge in [0.15, 0.2) is 0 Å². The molecule has 0 amide bonds. The minimum Gasteiger partial charge on any atom is -0.369 e. The van der Waals surface area contributed by atoms with Crippen LogP contribution >= 0.6 is 22.7 Å². The van der Waals surface area contributed by atoms with Crippen LogP contribution in [0, 0.1) is 0 Å². The highest BCUT2D eigenvalue weighted by atomic mass is 32.1. The summed E-state index contributed by atoms with van der Waals surface area (Å²) in [5.74, 6) is 2.04. The van der Waals surface area contributed by atoms with Gasteiger partial charge in [-0.1, -0.05) is 36.4 Å². The molecule has 4 aromatic heterocycles. The number of benzene rings is 2. The van der Waals surface area contributed by atoms with Crippen molar-refractivity contribution in [2.75, 3.05) is 63.0 Å². The average molecular weight is 567 g/mol. The van der Waals surface area contributed by atoms with Crippen molar-refractivity contribution in [2.24, 2.45) is 0 Å². The zero-order chi connectivity index (χ0) is 26.7. The van der Waals surface area contributed by atoms with E-state index in [0.29, 0.717) is 0 Å². The number of hydrogen-bond donors (Lipinski definition) is 2. The van der Waals surface area contributed by atoms with Crippen LogP contribution in [0.5, 0.6) is 0 Å². The van der Waals surface area contributed by atoms with Gasteiger partial charge in [0.05, 0.1) is 11.0 Å². The number of piperazine rings is 1. The molecule has 0 atom stereocenters. The van der Waals surface area contributed by atoms with Gasteiger partial charge in [-0.2, -0.15) is 0 Å². The second kappa shape index (κ2) is 11.7. The Morgan fingerprint density at radius 3 is 1.50 bits per heavy atom. The largest absolute Gasteiger partial charge is 0.369 e. The number of fused-ring (bicyclic) bond motifs is 6. The van der Waals surface area contributed by atoms with Gasteiger partial charge < -0.3 is 20.4 Å². The van der Waals surface area contributed by atoms with Gasteiger partial charge >= 0.3 is 0 Å². The van der Waals surface area contributed by atoms with E-state index in [1.807, 2.05) is 0 Å². The second-order valence-corrected chi connectivity index (χ2v) is 12.4. The number of pyridine rings is 2. The van der Waals surface area contributed by atoms with Crippen molar-refractivity contribution in [1.82, 2.24) is 19.8 Å². The average Bonchev–Trinajstić information content (AvgIpc) is 3.69. The van der Waals surface area contributed by atoms with Crippen molar-refractivity contribution in [3.05, 3.63) is 71.4 Å². The quantitative estimate of drug-likeness (QED) is 0.172. The number of aromatic nitrogens is 2. The minimum absolute atomic E-state index is 0.947. The molecule has 1 aliphatic heterocycles. The lowest BCUT2D eigenvalue weighted by molar-refractivity contribution is 0.132. The van der Waals surface area contributed by atoms with E-state index >= 15 is 0 Å². The number of anilines is 2. The lowest BCUT2D eigenvalue weighted by Gasteiger charge is -2.34. The van der Waals surface area contributed by atoms with E-state index < -0.39 is 0 Å². The zero-order valence-electron chi connectivity index (χ0n) is 22.6. The summed E-state index contributed by atoms with van der Waals surface area (Å²) in [5.41, 5.74) is 2.14. The zero-order valence-corrected chi connectivity index (χ0v) is 24.2. The highest BCUT2D eigenvalue weighted by Crippen LogP contribution is 2.34. The first-order valence-electron chi connectivity index (χ1n) is 14.3. The predicted molar refractivity (Wildman–Crippen MR) is 173 cm³/mol. The van der Waals surface area contributed by atoms with E-state index in [2.05, 4.69) is 91.9 Å². The van der Waals surface area contributed by atoms with Gasteiger partial charge in [0.25, 0.3) is 0 Å². The lowest BCUT2D eigenvalue weighted by Crippen LogP contribution is -2.47. The molecule has 0 radical (unpaired) electrons. The van der Waals surface area contributed by atoms with Gasteiger partial charge in [-0.15, -0.1) is 22.7 Å². The molecular formula is C32H34N6S2. The lowest BCUT2D eigenvalue weighted by atomic mass is 10.2. The van der Waals surface area contributed by atoms with Crippen LogP contribution in [0.2, 0.25) is 0 Å². The normalized spacial score (nSPS) is 15.0. The molecule has 0 unspecified atom stereocenters. The predicted octanol–water partition coefficient (Wildman–Crippen LogP) is 7.13. The molecule has 1 fully saturated rings. The Hall–Kier alpha value is -3.30. The van der Waals surface area contributed by atoms with E-state index in [-0.39, 0.29) is 0 Å². The van der Waals surface area contributed by atoms with Crippen molar-refractivity contribution in [1.29, 1.82) is 0 Å². The summed E-state index contributed by atoms with van der Waals surface area (Å²) in [7, 11) is 0. The number of nitrogens with zero attached hydrogens (tertiary/aromatic N) is 4. The smallest absolute Gasteiger partial charge is 0.135 e. The monoisotopic (exact) mass is 566 g/mol. The van der Waals surface area contributed by atoms with Gasteiger partial charge in [-0.25, -0.2) is 9.97 Å². The standard InChI is InChI=1S/C32H34N6S2/c1-3-9-27-23(7-1)29-25(11-21-39-29)31(35-27)33-13-5-15-37-17-19-38(20-18-37)16-6-14-34-32-26-12-22-40-30(26)24-8-2-4-10-28(24)36-32/h1-4,7-12,21-22H,5-6,13-20H2,(H,33,35)(H,34,36). The highest BCUT2D eigenvalue weighted by Gasteiger charge is 2.16. The number of thiophene rings is 2. The van der Waals surface area contributed by atoms with E-state index in [0.717, 1.165) is 87.9 Å². The third-order valence-corrected chi connectivity index (χ3v) is 9.85. The molecule has 0 saturated carbocycles. The van der Waals surface area contributed by atoms with Crippen molar-refractivity contribution >= 4 is 76.3 Å². The molecule has 0 aliphatic carbocycles. The summed E-state index contributed by atoms with van der Waals surface area (Å²) < 4.78 is 2.65. The third kappa shape index (κ3) is 5.24. The Morgan fingerprint density at radius 1 is 0.575 bits per heavy atom. The molecule has 6 nitrogen and oxygen atoms in total. The van der Waals surface area contributed by atoms with Gasteiger partial charge in [-0.3, -0.25) is 0 Å². The van der Waals surface area contributed by atoms with Crippen molar-refractivity contribution in [2.45, 2.75) is 12.8 Å². The van der Waals surface area contributed by atoms with Crippen LogP contribution in [0.1, 0.15) is 12.8 Å². The van der Waals surface area contributed by atoms with Crippen LogP contribution in [-0.2, 0) is 0 Å². The summed E-state index contributed by atoms with van der Waals surface area (Å²) in [6.07, 6.45) is 2.25. The molecule has 2 N–H and O–H groups in total. The summed E-state index contributed by atoms with van der Waals surface area (Å²) >= 11 is 3.60. The fraction of sp³-hybridized carbons (Fsp3) is 0.312. The molecule has 0 spiro atoms. The molecule has 6 aromatic rings. The highest BCUT2D eigenvalue weighted by molar-refractivity contribution is 7.18. The summed E-state index contributed by atoms with van der Waals surface area (Å²) in [6.45, 7) is 8.76. The third-order valence-electron chi connectivity index (χ3n) is 7.95. The molecule has 1 saturated heterocycles. The van der Waals surface area contributed by atoms with Crippen LogP contribution < -0.4 is 10.6 Å². The van der Waals surface area contributed by atoms with E-state index in [9.17, 15) is 0 Å². The minimum atomic E-state index is 0.947. The fourth-order valence-corrected chi connectivity index (χ4v) is 7.68. The molecule has 0 bridgehead atoms. The van der Waals surface area contributed by atoms with Crippen molar-refractivity contribution in [3.8, 4) is 0 Å². The molecule has 2 aromatic carbocycles. The molecular weight excluding hydrogens is 533 g/mol. The fourth-order valence-electron chi connectivity index (χ4n) is 5.82. The number of nitrogens with one attached hydrogen (secondary N) is 2. The first-order chi connectivity index (χ1) is 19.8. The first-order valence-corrected chi connectivity index (χ1v) is 16.0. The summed E-state index contributed by atoms with van der Waals surface area (Å²) in [6, 6.07) is 21.3. The maximum atomic E-state index is 4.92. The molecule has 5 heterocycles. The van der Waals surface area contributed by atoms with Crippen LogP contribution in [0.4, 0.5) is 11.6 Å². The van der Waals surface area contributed by atoms with Crippen molar-refractivity contribution in [3.63, 3.8) is 0 Å². The van der Waals surface area contributed by atoms with E-state index in [1.165, 1.54) is 30.9 Å². The van der Waals surface area contributed by atoms with Gasteiger partial charge in [-0.05, 0) is 61.0 Å². The van der Waals surface area contributed by atoms with Gasteiger partial charge in [0, 0.05) is 70.2 Å². The molecule has 7 rings (SSSR count). The molecule has 1 aliphatic rings. The first kappa shape index (κ1) is 25.7. The Bertz CT molecular complexity index is 1620. The maximum Gasteiger partial charge on any atom is 0.135 e. The second-order valence-electron chi connectivity index (χ2n) is 10.5. The van der Waals surface area contributed by atoms with Crippen molar-refractivity contribution < 1.29 is 0 Å². The SMILES string of the molecule is c1ccc2c(c1)nc(NCCCN1CCN(CCCNc3nc4ccccc4c4sccc34)CC1)c1ccsc12. The van der Waals surface area contributed by atoms with Gasteiger partial charge in [0.2, 0.25) is 0 Å². The summed E-state index contributed by atoms with van der Waals surface area (Å²) in [5, 5.41) is 16.6. The Kier molecular flexibility index (Phi) is 7.48. The van der Waals surface area contributed by atoms with E-state index in [1.54, 1.807) is 22.7 Å². The Labute approximate surface area is 242 Å². The number of para-hydroxylation sites is 2. The molecule has 40 heavy (non-hydrogen) atoms. The van der Waals surface area contributed by atoms with Crippen LogP contribution in [-0.4, -0.2) is 72.1 Å². The number of rotatable bonds is 10. The topological polar surface area (TPSA) is 56.3 Å². The Balaban J connectivity index is 0.843.